The molecule has 0 saturated carbocycles. The Morgan fingerprint density at radius 1 is 0.195 bits per heavy atom. The van der Waals surface area contributed by atoms with Gasteiger partial charge in [-0.2, -0.15) is 0 Å². The van der Waals surface area contributed by atoms with Gasteiger partial charge in [-0.05, 0) is 21.6 Å². The minimum Gasteiger partial charge on any atom is -0.118 e. The van der Waals surface area contributed by atoms with E-state index in [2.05, 4.69) is 257 Å². The molecule has 0 bridgehead atoms. The van der Waals surface area contributed by atoms with Crippen molar-refractivity contribution in [3.8, 4) is 0 Å². The summed E-state index contributed by atoms with van der Waals surface area (Å²) in [5.74, 6) is 18.9. The van der Waals surface area contributed by atoms with E-state index in [4.69, 9.17) is 0 Å². The number of hydrogen-bond acceptors (Lipinski definition) is 36. The molecule has 0 fully saturated rings. The standard InChI is InChI=1S/C46H36S36/c1(47-21-17-63-37(67-21)41-71-25-26(72-41)56-10-9-55-25)5-51-33-34(52-6-2-48-22-18-64-38(68-22)42-73-27-28(74-42)58-12-11-57-27)80-45(79-33)46-81-35(53-7-3-49-23-19-65-39(69-23)43-75-29-30(76-43)60-14-13-59-29)36(82-46)54-8-4-50-24-20-66-40(70-24)44-77-31-32(78-44)62-16-15-61-31/h17-20H,1-16H2. The van der Waals surface area contributed by atoms with Crippen LogP contribution in [0.4, 0.5) is 0 Å². The van der Waals surface area contributed by atoms with Crippen molar-refractivity contribution in [2.24, 2.45) is 0 Å². The van der Waals surface area contributed by atoms with Crippen LogP contribution < -0.4 is 0 Å². The van der Waals surface area contributed by atoms with Crippen LogP contribution in [0.25, 0.3) is 0 Å². The van der Waals surface area contributed by atoms with Gasteiger partial charge < -0.3 is 0 Å². The number of thioether (sulfide) groups is 36. The molecule has 0 N–H and O–H groups in total. The lowest BCUT2D eigenvalue weighted by Gasteiger charge is -2.08. The topological polar surface area (TPSA) is 0 Å². The van der Waals surface area contributed by atoms with Gasteiger partial charge in [0.05, 0.1) is 110 Å². The van der Waals surface area contributed by atoms with Crippen LogP contribution in [0, 0.1) is 0 Å². The molecule has 0 atom stereocenters. The van der Waals surface area contributed by atoms with Crippen LogP contribution in [-0.4, -0.2) is 92.0 Å². The third-order valence-corrected chi connectivity index (χ3v) is 63.1. The molecule has 14 heterocycles. The number of rotatable bonds is 20. The van der Waals surface area contributed by atoms with E-state index in [1.54, 1.807) is 33.9 Å². The molecule has 0 nitrogen and oxygen atoms in total. The molecule has 36 heteroatoms. The van der Waals surface area contributed by atoms with E-state index in [-0.39, 0.29) is 0 Å². The maximum absolute atomic E-state index is 2.42. The van der Waals surface area contributed by atoms with Crippen molar-refractivity contribution in [2.75, 3.05) is 92.0 Å². The molecule has 0 aliphatic carbocycles. The van der Waals surface area contributed by atoms with E-state index in [0.717, 1.165) is 46.0 Å². The Hall–Kier alpha value is 8.70. The molecule has 82 heavy (non-hydrogen) atoms. The van der Waals surface area contributed by atoms with Crippen LogP contribution in [0.1, 0.15) is 0 Å². The van der Waals surface area contributed by atoms with Gasteiger partial charge in [-0.25, -0.2) is 0 Å². The average Bonchev–Trinajstić information content (AvgIpc) is 4.38. The highest BCUT2D eigenvalue weighted by Crippen LogP contribution is 2.71. The highest BCUT2D eigenvalue weighted by atomic mass is 32.3. The van der Waals surface area contributed by atoms with Crippen LogP contribution in [0.5, 0.6) is 0 Å². The van der Waals surface area contributed by atoms with Crippen LogP contribution in [-0.2, 0) is 0 Å². The zero-order valence-corrected chi connectivity index (χ0v) is 70.7. The molecule has 0 saturated heterocycles. The summed E-state index contributed by atoms with van der Waals surface area (Å²) in [4.78, 5) is 0. The van der Waals surface area contributed by atoms with Gasteiger partial charge in [-0.1, -0.05) is 235 Å². The molecule has 0 unspecified atom stereocenters. The smallest absolute Gasteiger partial charge is 0.0717 e. The highest BCUT2D eigenvalue weighted by molar-refractivity contribution is 8.49. The van der Waals surface area contributed by atoms with Gasteiger partial charge in [0.25, 0.3) is 0 Å². The van der Waals surface area contributed by atoms with Crippen molar-refractivity contribution in [1.29, 1.82) is 0 Å². The Labute approximate surface area is 635 Å². The van der Waals surface area contributed by atoms with Gasteiger partial charge in [0.15, 0.2) is 0 Å². The predicted octanol–water partition coefficient (Wildman–Crippen LogP) is 29.2. The third-order valence-electron chi connectivity index (χ3n) is 10.3. The van der Waals surface area contributed by atoms with Gasteiger partial charge in [-0.15, -0.1) is 188 Å². The monoisotopic (exact) mass is 1740 g/mol. The Morgan fingerprint density at radius 2 is 0.378 bits per heavy atom. The van der Waals surface area contributed by atoms with Crippen molar-refractivity contribution >= 4 is 423 Å². The van der Waals surface area contributed by atoms with Gasteiger partial charge in [0, 0.05) is 92.0 Å². The van der Waals surface area contributed by atoms with E-state index in [0.29, 0.717) is 0 Å². The second kappa shape index (κ2) is 34.7. The minimum atomic E-state index is 1.12. The molecule has 436 valence electrons. The maximum Gasteiger partial charge on any atom is 0.0717 e. The molecule has 0 radical (unpaired) electrons. The van der Waals surface area contributed by atoms with Crippen LogP contribution in [0.3, 0.4) is 0 Å². The summed E-state index contributed by atoms with van der Waals surface area (Å²) in [6, 6.07) is 0. The quantitative estimate of drug-likeness (QED) is 0.106. The Bertz CT molecular complexity index is 2630. The molecule has 0 spiro atoms. The molecule has 14 rings (SSSR count). The van der Waals surface area contributed by atoms with E-state index < -0.39 is 0 Å². The van der Waals surface area contributed by atoms with E-state index in [1.807, 2.05) is 188 Å². The molecule has 14 aliphatic rings. The lowest BCUT2D eigenvalue weighted by Crippen LogP contribution is -1.88. The molecular formula is C46H36S36. The second-order valence-electron chi connectivity index (χ2n) is 15.8. The average molecular weight is 1740 g/mol. The van der Waals surface area contributed by atoms with Crippen molar-refractivity contribution in [2.45, 2.75) is 0 Å². The minimum absolute atomic E-state index is 1.12. The lowest BCUT2D eigenvalue weighted by atomic mass is 11.0. The second-order valence-corrected chi connectivity index (χ2v) is 60.3. The molecule has 0 amide bonds. The maximum atomic E-state index is 2.42. The molecule has 0 aromatic heterocycles. The largest absolute Gasteiger partial charge is 0.118 e. The predicted molar refractivity (Wildman–Crippen MR) is 461 cm³/mol. The fourth-order valence-corrected chi connectivity index (χ4v) is 59.2. The zero-order chi connectivity index (χ0) is 54.6. The van der Waals surface area contributed by atoms with Gasteiger partial charge in [0.2, 0.25) is 0 Å². The Kier molecular flexibility index (Phi) is 28.7. The first kappa shape index (κ1) is 67.9. The van der Waals surface area contributed by atoms with Crippen LogP contribution in [0.15, 0.2) is 132 Å². The van der Waals surface area contributed by atoms with Gasteiger partial charge in [0.1, 0.15) is 0 Å². The lowest BCUT2D eigenvalue weighted by molar-refractivity contribution is 1.56. The molecule has 0 aromatic rings. The van der Waals surface area contributed by atoms with E-state index in [1.165, 1.54) is 122 Å². The van der Waals surface area contributed by atoms with E-state index >= 15 is 0 Å². The fraction of sp³-hybridized carbons (Fsp3) is 0.348. The van der Waals surface area contributed by atoms with Crippen molar-refractivity contribution in [3.63, 3.8) is 0 Å². The number of hydrogen-bond donors (Lipinski definition) is 0. The summed E-state index contributed by atoms with van der Waals surface area (Å²) in [5, 5.41) is 9.67. The van der Waals surface area contributed by atoms with Crippen LogP contribution >= 0.6 is 423 Å². The first-order valence-electron chi connectivity index (χ1n) is 24.1. The highest BCUT2D eigenvalue weighted by Gasteiger charge is 2.36. The summed E-state index contributed by atoms with van der Waals surface area (Å²) in [5.41, 5.74) is 0. The zero-order valence-electron chi connectivity index (χ0n) is 41.3. The SMILES string of the molecule is C1=C(SCCSC2=C(SCCSC3=CSC(=C4SC5=C(SCCS5)S4)S3)SC(=C3SC(SCCSC4=CSC(=C5SC6=C(SCCS6)S5)S4)=C(SCCSC4=CSC(=C5SC6=C(SCCS6)S5)S4)S3)S2)SC(=C2SC3=C(SCCS3)S2)S1. The normalized spacial score (nSPS) is 25.1. The third kappa shape index (κ3) is 18.4. The van der Waals surface area contributed by atoms with Crippen molar-refractivity contribution in [1.82, 2.24) is 0 Å². The Balaban J connectivity index is 0.604. The summed E-state index contributed by atoms with van der Waals surface area (Å²) in [6.45, 7) is 0. The summed E-state index contributed by atoms with van der Waals surface area (Å²) in [7, 11) is 0. The Morgan fingerprint density at radius 3 is 0.585 bits per heavy atom. The first-order chi connectivity index (χ1) is 40.5. The van der Waals surface area contributed by atoms with Gasteiger partial charge >= 0.3 is 0 Å². The van der Waals surface area contributed by atoms with Crippen molar-refractivity contribution < 1.29 is 0 Å². The fourth-order valence-electron chi connectivity index (χ4n) is 6.95. The summed E-state index contributed by atoms with van der Waals surface area (Å²) < 4.78 is 39.3. The summed E-state index contributed by atoms with van der Waals surface area (Å²) >= 11 is 73.5. The first-order valence-corrected chi connectivity index (χ1v) is 56.4. The molecule has 0 aromatic carbocycles. The van der Waals surface area contributed by atoms with Crippen LogP contribution in [0.2, 0.25) is 0 Å². The van der Waals surface area contributed by atoms with Gasteiger partial charge in [-0.3, -0.25) is 0 Å². The molecular weight excluding hydrogens is 1710 g/mol. The molecule has 14 aliphatic heterocycles. The van der Waals surface area contributed by atoms with Crippen molar-refractivity contribution in [3.05, 3.63) is 132 Å². The summed E-state index contributed by atoms with van der Waals surface area (Å²) in [6.07, 6.45) is 0. The van der Waals surface area contributed by atoms with E-state index in [9.17, 15) is 0 Å².